The second kappa shape index (κ2) is 7.13. The molecule has 0 unspecified atom stereocenters. The van der Waals surface area contributed by atoms with Crippen molar-refractivity contribution in [1.82, 2.24) is 15.0 Å². The molecule has 0 aliphatic carbocycles. The number of nitrogens with zero attached hydrogens (tertiary/aromatic N) is 3. The van der Waals surface area contributed by atoms with E-state index in [1.807, 2.05) is 4.68 Å². The Balaban J connectivity index is 2.97. The topological polar surface area (TPSA) is 57.0 Å². The fourth-order valence-corrected chi connectivity index (χ4v) is 2.01. The van der Waals surface area contributed by atoms with Crippen molar-refractivity contribution < 1.29 is 9.53 Å². The van der Waals surface area contributed by atoms with Crippen LogP contribution in [0.3, 0.4) is 0 Å². The molecule has 18 heavy (non-hydrogen) atoms. The molecule has 0 saturated heterocycles. The Morgan fingerprint density at radius 3 is 2.50 bits per heavy atom. The Hall–Kier alpha value is -1.39. The van der Waals surface area contributed by atoms with E-state index in [2.05, 4.69) is 31.1 Å². The minimum absolute atomic E-state index is 0.366. The number of aromatic nitrogens is 3. The van der Waals surface area contributed by atoms with Crippen molar-refractivity contribution in [3.8, 4) is 0 Å². The Morgan fingerprint density at radius 2 is 2.00 bits per heavy atom. The van der Waals surface area contributed by atoms with Crippen molar-refractivity contribution in [2.75, 3.05) is 7.11 Å². The van der Waals surface area contributed by atoms with E-state index in [1.165, 1.54) is 7.11 Å². The first-order valence-electron chi connectivity index (χ1n) is 6.68. The van der Waals surface area contributed by atoms with Gasteiger partial charge < -0.3 is 4.74 Å². The summed E-state index contributed by atoms with van der Waals surface area (Å²) in [5, 5.41) is 8.07. The molecule has 1 rings (SSSR count). The number of esters is 1. The minimum atomic E-state index is -0.394. The third-order valence-corrected chi connectivity index (χ3v) is 3.29. The van der Waals surface area contributed by atoms with Crippen molar-refractivity contribution in [3.05, 3.63) is 11.4 Å². The van der Waals surface area contributed by atoms with Crippen LogP contribution >= 0.6 is 0 Å². The molecule has 1 aromatic rings. The van der Waals surface area contributed by atoms with Crippen LogP contribution in [-0.2, 0) is 17.7 Å². The van der Waals surface area contributed by atoms with Gasteiger partial charge in [-0.1, -0.05) is 45.2 Å². The second-order valence-electron chi connectivity index (χ2n) is 4.49. The molecule has 0 N–H and O–H groups in total. The van der Waals surface area contributed by atoms with Crippen molar-refractivity contribution in [3.63, 3.8) is 0 Å². The Labute approximate surface area is 109 Å². The third-order valence-electron chi connectivity index (χ3n) is 3.29. The van der Waals surface area contributed by atoms with Crippen LogP contribution < -0.4 is 0 Å². The van der Waals surface area contributed by atoms with Crippen LogP contribution in [0.2, 0.25) is 0 Å². The van der Waals surface area contributed by atoms with Gasteiger partial charge in [0, 0.05) is 6.54 Å². The maximum Gasteiger partial charge on any atom is 0.360 e. The van der Waals surface area contributed by atoms with Gasteiger partial charge in [0.25, 0.3) is 0 Å². The molecule has 0 aliphatic heterocycles. The predicted octanol–water partition coefficient (Wildman–Crippen LogP) is 2.45. The molecule has 0 spiro atoms. The molecule has 0 fully saturated rings. The molecule has 0 aromatic carbocycles. The van der Waals surface area contributed by atoms with Gasteiger partial charge in [0.15, 0.2) is 5.69 Å². The summed E-state index contributed by atoms with van der Waals surface area (Å²) in [6.07, 6.45) is 3.98. The summed E-state index contributed by atoms with van der Waals surface area (Å²) in [5.74, 6) is 0.182. The van der Waals surface area contributed by atoms with E-state index in [-0.39, 0.29) is 0 Å². The first-order valence-corrected chi connectivity index (χ1v) is 6.68. The lowest BCUT2D eigenvalue weighted by Crippen LogP contribution is -2.15. The highest BCUT2D eigenvalue weighted by Crippen LogP contribution is 2.15. The molecular formula is C13H23N3O2. The number of methoxy groups -OCH3 is 1. The van der Waals surface area contributed by atoms with Gasteiger partial charge >= 0.3 is 5.97 Å². The minimum Gasteiger partial charge on any atom is -0.464 e. The lowest BCUT2D eigenvalue weighted by atomic mass is 10.0. The first-order chi connectivity index (χ1) is 8.67. The third kappa shape index (κ3) is 3.31. The van der Waals surface area contributed by atoms with Crippen LogP contribution in [-0.4, -0.2) is 28.1 Å². The highest BCUT2D eigenvalue weighted by Gasteiger charge is 2.20. The van der Waals surface area contributed by atoms with Crippen LogP contribution in [0.4, 0.5) is 0 Å². The standard InChI is InChI=1S/C13H23N3O2/c1-5-8-11-12(13(17)18-4)14-15-16(11)9-10(6-2)7-3/h10H,5-9H2,1-4H3. The average molecular weight is 253 g/mol. The van der Waals surface area contributed by atoms with E-state index in [9.17, 15) is 4.79 Å². The molecule has 5 nitrogen and oxygen atoms in total. The Kier molecular flexibility index (Phi) is 5.82. The van der Waals surface area contributed by atoms with Crippen LogP contribution in [0.5, 0.6) is 0 Å². The van der Waals surface area contributed by atoms with E-state index in [0.717, 1.165) is 37.9 Å². The van der Waals surface area contributed by atoms with Crippen molar-refractivity contribution >= 4 is 5.97 Å². The summed E-state index contributed by atoms with van der Waals surface area (Å²) < 4.78 is 6.61. The fraction of sp³-hybridized carbons (Fsp3) is 0.769. The van der Waals surface area contributed by atoms with Crippen molar-refractivity contribution in [2.45, 2.75) is 53.0 Å². The maximum atomic E-state index is 11.6. The Bertz CT molecular complexity index is 384. The summed E-state index contributed by atoms with van der Waals surface area (Å²) in [6.45, 7) is 7.25. The predicted molar refractivity (Wildman–Crippen MR) is 69.4 cm³/mol. The molecule has 0 amide bonds. The van der Waals surface area contributed by atoms with Gasteiger partial charge in [-0.2, -0.15) is 0 Å². The maximum absolute atomic E-state index is 11.6. The lowest BCUT2D eigenvalue weighted by molar-refractivity contribution is 0.0592. The van der Waals surface area contributed by atoms with Crippen LogP contribution in [0.25, 0.3) is 0 Å². The van der Waals surface area contributed by atoms with E-state index in [1.54, 1.807) is 0 Å². The fourth-order valence-electron chi connectivity index (χ4n) is 2.01. The summed E-state index contributed by atoms with van der Waals surface area (Å²) in [4.78, 5) is 11.6. The molecule has 1 aromatic heterocycles. The zero-order valence-electron chi connectivity index (χ0n) is 11.8. The first kappa shape index (κ1) is 14.7. The largest absolute Gasteiger partial charge is 0.464 e. The quantitative estimate of drug-likeness (QED) is 0.700. The summed E-state index contributed by atoms with van der Waals surface area (Å²) in [7, 11) is 1.37. The van der Waals surface area contributed by atoms with Gasteiger partial charge in [-0.15, -0.1) is 5.10 Å². The number of carbonyl (C=O) groups excluding carboxylic acids is 1. The van der Waals surface area contributed by atoms with Gasteiger partial charge in [0.1, 0.15) is 0 Å². The van der Waals surface area contributed by atoms with Crippen LogP contribution in [0.15, 0.2) is 0 Å². The number of hydrogen-bond acceptors (Lipinski definition) is 4. The zero-order chi connectivity index (χ0) is 13.5. The summed E-state index contributed by atoms with van der Waals surface area (Å²) in [6, 6.07) is 0. The molecule has 102 valence electrons. The molecule has 0 aliphatic rings. The van der Waals surface area contributed by atoms with E-state index < -0.39 is 5.97 Å². The number of ether oxygens (including phenoxy) is 1. The van der Waals surface area contributed by atoms with Gasteiger partial charge in [-0.05, 0) is 12.3 Å². The molecule has 0 atom stereocenters. The monoisotopic (exact) mass is 253 g/mol. The number of rotatable bonds is 7. The van der Waals surface area contributed by atoms with E-state index in [4.69, 9.17) is 4.74 Å². The van der Waals surface area contributed by atoms with Crippen LogP contribution in [0, 0.1) is 5.92 Å². The highest BCUT2D eigenvalue weighted by atomic mass is 16.5. The SMILES string of the molecule is CCCc1c(C(=O)OC)nnn1CC(CC)CC. The van der Waals surface area contributed by atoms with Gasteiger partial charge in [0.05, 0.1) is 12.8 Å². The van der Waals surface area contributed by atoms with Crippen molar-refractivity contribution in [1.29, 1.82) is 0 Å². The van der Waals surface area contributed by atoms with E-state index >= 15 is 0 Å². The second-order valence-corrected chi connectivity index (χ2v) is 4.49. The van der Waals surface area contributed by atoms with Crippen molar-refractivity contribution in [2.24, 2.45) is 5.92 Å². The smallest absolute Gasteiger partial charge is 0.360 e. The molecular weight excluding hydrogens is 230 g/mol. The Morgan fingerprint density at radius 1 is 1.33 bits per heavy atom. The van der Waals surface area contributed by atoms with Gasteiger partial charge in [-0.25, -0.2) is 9.48 Å². The normalized spacial score (nSPS) is 10.9. The molecule has 0 bridgehead atoms. The summed E-state index contributed by atoms with van der Waals surface area (Å²) in [5.41, 5.74) is 1.27. The lowest BCUT2D eigenvalue weighted by Gasteiger charge is -2.13. The van der Waals surface area contributed by atoms with Gasteiger partial charge in [-0.3, -0.25) is 0 Å². The van der Waals surface area contributed by atoms with E-state index in [0.29, 0.717) is 11.6 Å². The summed E-state index contributed by atoms with van der Waals surface area (Å²) >= 11 is 0. The van der Waals surface area contributed by atoms with Crippen LogP contribution in [0.1, 0.15) is 56.2 Å². The molecule has 0 radical (unpaired) electrons. The molecule has 5 heteroatoms. The number of hydrogen-bond donors (Lipinski definition) is 0. The number of carbonyl (C=O) groups is 1. The molecule has 1 heterocycles. The zero-order valence-corrected chi connectivity index (χ0v) is 11.8. The van der Waals surface area contributed by atoms with Gasteiger partial charge in [0.2, 0.25) is 0 Å². The molecule has 0 saturated carbocycles. The average Bonchev–Trinajstić information content (AvgIpc) is 2.78. The highest BCUT2D eigenvalue weighted by molar-refractivity contribution is 5.88.